The van der Waals surface area contributed by atoms with Crippen LogP contribution in [0.1, 0.15) is 70.3 Å². The van der Waals surface area contributed by atoms with Crippen molar-refractivity contribution in [2.75, 3.05) is 26.9 Å². The highest BCUT2D eigenvalue weighted by Crippen LogP contribution is 2.41. The van der Waals surface area contributed by atoms with E-state index in [4.69, 9.17) is 9.47 Å². The van der Waals surface area contributed by atoms with Crippen LogP contribution in [0.2, 0.25) is 0 Å². The summed E-state index contributed by atoms with van der Waals surface area (Å²) in [6, 6.07) is 15.3. The van der Waals surface area contributed by atoms with Crippen LogP contribution in [-0.2, 0) is 26.0 Å². The molecule has 41 heavy (non-hydrogen) atoms. The molecule has 2 aromatic carbocycles. The summed E-state index contributed by atoms with van der Waals surface area (Å²) < 4.78 is 40.2. The molecule has 4 rings (SSSR count). The lowest BCUT2D eigenvalue weighted by molar-refractivity contribution is -0.133. The largest absolute Gasteiger partial charge is 0.497 e. The Labute approximate surface area is 245 Å². The van der Waals surface area contributed by atoms with E-state index in [1.807, 2.05) is 37.3 Å². The van der Waals surface area contributed by atoms with Gasteiger partial charge in [-0.05, 0) is 75.3 Å². The fourth-order valence-corrected chi connectivity index (χ4v) is 8.06. The van der Waals surface area contributed by atoms with Crippen LogP contribution in [0, 0.1) is 5.41 Å². The van der Waals surface area contributed by atoms with Crippen molar-refractivity contribution in [3.63, 3.8) is 0 Å². The molecule has 0 bridgehead atoms. The number of rotatable bonds is 15. The van der Waals surface area contributed by atoms with Gasteiger partial charge in [0.2, 0.25) is 15.9 Å². The Bertz CT molecular complexity index is 1190. The number of ether oxygens (including phenoxy) is 2. The molecular formula is C32H46N2O6S. The van der Waals surface area contributed by atoms with Crippen molar-refractivity contribution in [2.24, 2.45) is 5.41 Å². The molecular weight excluding hydrogens is 540 g/mol. The van der Waals surface area contributed by atoms with E-state index in [0.29, 0.717) is 31.8 Å². The smallest absolute Gasteiger partial charge is 0.243 e. The number of methoxy groups -OCH3 is 1. The van der Waals surface area contributed by atoms with Gasteiger partial charge in [-0.1, -0.05) is 56.0 Å². The van der Waals surface area contributed by atoms with Gasteiger partial charge in [0.05, 0.1) is 29.6 Å². The number of carbonyl (C=O) groups excluding carboxylic acids is 1. The summed E-state index contributed by atoms with van der Waals surface area (Å²) in [5, 5.41) is 14.9. The zero-order valence-electron chi connectivity index (χ0n) is 24.5. The predicted molar refractivity (Wildman–Crippen MR) is 159 cm³/mol. The molecule has 0 radical (unpaired) electrons. The van der Waals surface area contributed by atoms with Crippen LogP contribution in [0.15, 0.2) is 59.5 Å². The number of sulfonamides is 1. The van der Waals surface area contributed by atoms with Gasteiger partial charge < -0.3 is 19.9 Å². The van der Waals surface area contributed by atoms with E-state index in [2.05, 4.69) is 5.32 Å². The van der Waals surface area contributed by atoms with E-state index >= 15 is 0 Å². The van der Waals surface area contributed by atoms with Crippen molar-refractivity contribution in [1.29, 1.82) is 0 Å². The maximum atomic E-state index is 13.9. The van der Waals surface area contributed by atoms with Gasteiger partial charge in [-0.2, -0.15) is 4.31 Å². The highest BCUT2D eigenvalue weighted by atomic mass is 32.2. The third-order valence-corrected chi connectivity index (χ3v) is 10.7. The molecule has 2 saturated carbocycles. The average molecular weight is 587 g/mol. The lowest BCUT2D eigenvalue weighted by Crippen LogP contribution is -2.54. The number of nitrogens with zero attached hydrogens (tertiary/aromatic N) is 1. The maximum absolute atomic E-state index is 13.9. The number of hydrogen-bond donors (Lipinski definition) is 2. The first-order valence-corrected chi connectivity index (χ1v) is 16.5. The van der Waals surface area contributed by atoms with Crippen molar-refractivity contribution in [2.45, 2.75) is 94.2 Å². The minimum absolute atomic E-state index is 0.0693. The van der Waals surface area contributed by atoms with Crippen LogP contribution >= 0.6 is 0 Å². The Morgan fingerprint density at radius 2 is 1.71 bits per heavy atom. The molecule has 8 nitrogen and oxygen atoms in total. The second-order valence-corrected chi connectivity index (χ2v) is 13.4. The monoisotopic (exact) mass is 586 g/mol. The van der Waals surface area contributed by atoms with Crippen molar-refractivity contribution in [3.8, 4) is 5.75 Å². The Hall–Kier alpha value is -2.46. The molecule has 2 aromatic rings. The van der Waals surface area contributed by atoms with Gasteiger partial charge >= 0.3 is 0 Å². The molecule has 1 amide bonds. The molecule has 226 valence electrons. The van der Waals surface area contributed by atoms with Crippen LogP contribution in [0.4, 0.5) is 0 Å². The molecule has 2 aliphatic rings. The second-order valence-electron chi connectivity index (χ2n) is 11.5. The summed E-state index contributed by atoms with van der Waals surface area (Å²) in [4.78, 5) is 14.0. The van der Waals surface area contributed by atoms with E-state index in [0.717, 1.165) is 56.9 Å². The summed E-state index contributed by atoms with van der Waals surface area (Å²) >= 11 is 0. The highest BCUT2D eigenvalue weighted by Gasteiger charge is 2.43. The van der Waals surface area contributed by atoms with Gasteiger partial charge in [-0.25, -0.2) is 8.42 Å². The van der Waals surface area contributed by atoms with Crippen molar-refractivity contribution in [3.05, 3.63) is 60.2 Å². The summed E-state index contributed by atoms with van der Waals surface area (Å²) in [5.74, 6) is 0.507. The van der Waals surface area contributed by atoms with E-state index in [-0.39, 0.29) is 23.4 Å². The zero-order chi connectivity index (χ0) is 29.3. The van der Waals surface area contributed by atoms with E-state index in [1.54, 1.807) is 31.4 Å². The van der Waals surface area contributed by atoms with Gasteiger partial charge in [-0.3, -0.25) is 4.79 Å². The molecule has 2 fully saturated rings. The van der Waals surface area contributed by atoms with Gasteiger partial charge in [0, 0.05) is 25.8 Å². The molecule has 0 heterocycles. The number of benzene rings is 2. The number of aliphatic hydroxyl groups excluding tert-OH is 1. The van der Waals surface area contributed by atoms with Gasteiger partial charge in [0.15, 0.2) is 0 Å². The Morgan fingerprint density at radius 3 is 2.32 bits per heavy atom. The normalized spacial score (nSPS) is 18.8. The van der Waals surface area contributed by atoms with Crippen LogP contribution < -0.4 is 10.1 Å². The van der Waals surface area contributed by atoms with E-state index in [9.17, 15) is 18.3 Å². The Balaban J connectivity index is 1.59. The maximum Gasteiger partial charge on any atom is 0.243 e. The lowest BCUT2D eigenvalue weighted by atomic mass is 9.81. The molecule has 0 aliphatic heterocycles. The molecule has 0 spiro atoms. The SMILES string of the molecule is CCOCCC1(C(=O)N[C@@H](Cc2ccccc2)C(O)CN(C2CCCC2)S(=O)(=O)c2ccc(OC)cc2)CCCC1. The molecule has 0 saturated heterocycles. The number of hydrogen-bond acceptors (Lipinski definition) is 6. The van der Waals surface area contributed by atoms with Crippen LogP contribution in [0.3, 0.4) is 0 Å². The van der Waals surface area contributed by atoms with Gasteiger partial charge in [0.25, 0.3) is 0 Å². The third-order valence-electron chi connectivity index (χ3n) is 8.82. The average Bonchev–Trinajstić information content (AvgIpc) is 3.70. The standard InChI is InChI=1S/C32H46N2O6S/c1-3-40-22-21-32(19-9-10-20-32)31(36)33-29(23-25-11-5-4-6-12-25)30(35)24-34(26-13-7-8-14-26)41(37,38)28-17-15-27(39-2)16-18-28/h4-6,11-12,15-18,26,29-30,35H,3,7-10,13-14,19-24H2,1-2H3,(H,33,36)/t29-,30?/m0/s1. The van der Waals surface area contributed by atoms with Gasteiger partial charge in [0.1, 0.15) is 5.75 Å². The van der Waals surface area contributed by atoms with Crippen LogP contribution in [0.25, 0.3) is 0 Å². The minimum Gasteiger partial charge on any atom is -0.497 e. The van der Waals surface area contributed by atoms with Gasteiger partial charge in [-0.15, -0.1) is 0 Å². The van der Waals surface area contributed by atoms with Crippen LogP contribution in [-0.4, -0.2) is 68.8 Å². The van der Waals surface area contributed by atoms with E-state index in [1.165, 1.54) is 4.31 Å². The highest BCUT2D eigenvalue weighted by molar-refractivity contribution is 7.89. The lowest BCUT2D eigenvalue weighted by Gasteiger charge is -2.35. The topological polar surface area (TPSA) is 105 Å². The first kappa shape index (κ1) is 31.5. The van der Waals surface area contributed by atoms with Crippen molar-refractivity contribution < 1.29 is 27.8 Å². The second kappa shape index (κ2) is 14.6. The minimum atomic E-state index is -3.89. The number of carbonyl (C=O) groups is 1. The number of amides is 1. The summed E-state index contributed by atoms with van der Waals surface area (Å²) in [6.45, 7) is 2.98. The Kier molecular flexibility index (Phi) is 11.2. The number of aliphatic hydroxyl groups is 1. The first-order valence-electron chi connectivity index (χ1n) is 15.1. The summed E-state index contributed by atoms with van der Waals surface area (Å²) in [7, 11) is -2.35. The fourth-order valence-electron chi connectivity index (χ4n) is 6.36. The van der Waals surface area contributed by atoms with Crippen molar-refractivity contribution >= 4 is 15.9 Å². The molecule has 2 atom stereocenters. The molecule has 0 aromatic heterocycles. The molecule has 2 N–H and O–H groups in total. The van der Waals surface area contributed by atoms with Crippen LogP contribution in [0.5, 0.6) is 5.75 Å². The first-order chi connectivity index (χ1) is 19.8. The number of nitrogens with one attached hydrogen (secondary N) is 1. The zero-order valence-corrected chi connectivity index (χ0v) is 25.3. The Morgan fingerprint density at radius 1 is 1.05 bits per heavy atom. The van der Waals surface area contributed by atoms with E-state index < -0.39 is 27.6 Å². The quantitative estimate of drug-likeness (QED) is 0.293. The van der Waals surface area contributed by atoms with Crippen molar-refractivity contribution in [1.82, 2.24) is 9.62 Å². The summed E-state index contributed by atoms with van der Waals surface area (Å²) in [6.07, 6.45) is 6.89. The fraction of sp³-hybridized carbons (Fsp3) is 0.594. The third kappa shape index (κ3) is 7.89. The molecule has 1 unspecified atom stereocenters. The summed E-state index contributed by atoms with van der Waals surface area (Å²) in [5.41, 5.74) is 0.446. The molecule has 2 aliphatic carbocycles. The predicted octanol–water partition coefficient (Wildman–Crippen LogP) is 4.70. The molecule has 9 heteroatoms.